The van der Waals surface area contributed by atoms with Crippen LogP contribution in [-0.2, 0) is 0 Å². The van der Waals surface area contributed by atoms with Crippen LogP contribution >= 0.6 is 0 Å². The number of halogens is 2. The first-order chi connectivity index (χ1) is 4.27. The molecule has 0 rings (SSSR count). The van der Waals surface area contributed by atoms with Crippen molar-refractivity contribution in [2.75, 3.05) is 0 Å². The fourth-order valence-corrected chi connectivity index (χ4v) is 0.355. The summed E-state index contributed by atoms with van der Waals surface area (Å²) < 4.78 is 22.5. The number of rotatable bonds is 3. The van der Waals surface area contributed by atoms with Crippen molar-refractivity contribution in [3.63, 3.8) is 0 Å². The number of allylic oxidation sites excluding steroid dienone is 3. The molecule has 0 aliphatic heterocycles. The van der Waals surface area contributed by atoms with Crippen molar-refractivity contribution in [1.82, 2.24) is 0 Å². The van der Waals surface area contributed by atoms with E-state index in [1.807, 2.05) is 0 Å². The van der Waals surface area contributed by atoms with E-state index in [2.05, 4.69) is 6.92 Å². The van der Waals surface area contributed by atoms with Gasteiger partial charge in [-0.2, -0.15) is 8.78 Å². The Bertz CT molecular complexity index is 110. The third kappa shape index (κ3) is 7.34. The zero-order valence-electron chi connectivity index (χ0n) is 5.11. The van der Waals surface area contributed by atoms with Crippen molar-refractivity contribution < 1.29 is 8.78 Å². The van der Waals surface area contributed by atoms with Gasteiger partial charge < -0.3 is 0 Å². The summed E-state index contributed by atoms with van der Waals surface area (Å²) >= 11 is 0. The van der Waals surface area contributed by atoms with Crippen molar-refractivity contribution >= 4 is 0 Å². The summed E-state index contributed by atoms with van der Waals surface area (Å²) in [6.07, 6.45) is 3.61. The van der Waals surface area contributed by atoms with Gasteiger partial charge in [0.2, 0.25) is 0 Å². The Labute approximate surface area is 53.9 Å². The van der Waals surface area contributed by atoms with Gasteiger partial charge in [-0.25, -0.2) is 0 Å². The highest BCUT2D eigenvalue weighted by Gasteiger charge is 1.79. The second-order valence-corrected chi connectivity index (χ2v) is 1.53. The molecule has 0 aliphatic carbocycles. The van der Waals surface area contributed by atoms with Gasteiger partial charge in [0.25, 0.3) is 6.08 Å². The van der Waals surface area contributed by atoms with Crippen molar-refractivity contribution in [3.05, 3.63) is 31.2 Å². The van der Waals surface area contributed by atoms with Crippen LogP contribution in [0.2, 0.25) is 0 Å². The summed E-state index contributed by atoms with van der Waals surface area (Å²) in [5, 5.41) is 0. The SMILES string of the molecule is [CH2]CC/C=C/C=C(F)F. The summed E-state index contributed by atoms with van der Waals surface area (Å²) in [4.78, 5) is 0. The Kier molecular flexibility index (Phi) is 5.07. The van der Waals surface area contributed by atoms with Crippen molar-refractivity contribution in [3.8, 4) is 0 Å². The van der Waals surface area contributed by atoms with Crippen LogP contribution in [0.5, 0.6) is 0 Å². The molecule has 0 aliphatic rings. The molecule has 0 heterocycles. The van der Waals surface area contributed by atoms with Gasteiger partial charge in [-0.1, -0.05) is 19.1 Å². The Hall–Kier alpha value is -0.660. The smallest absolute Gasteiger partial charge is 0.173 e. The summed E-state index contributed by atoms with van der Waals surface area (Å²) in [7, 11) is 0. The lowest BCUT2D eigenvalue weighted by Crippen LogP contribution is -1.60. The van der Waals surface area contributed by atoms with Crippen LogP contribution < -0.4 is 0 Å². The summed E-state index contributed by atoms with van der Waals surface area (Å²) in [5.41, 5.74) is 0. The minimum atomic E-state index is -1.66. The van der Waals surface area contributed by atoms with Gasteiger partial charge in [0.05, 0.1) is 0 Å². The van der Waals surface area contributed by atoms with E-state index in [0.29, 0.717) is 0 Å². The Morgan fingerprint density at radius 1 is 1.44 bits per heavy atom. The molecule has 0 fully saturated rings. The van der Waals surface area contributed by atoms with Crippen LogP contribution in [0.25, 0.3) is 0 Å². The first kappa shape index (κ1) is 8.34. The Morgan fingerprint density at radius 2 is 2.11 bits per heavy atom. The molecule has 0 saturated carbocycles. The van der Waals surface area contributed by atoms with Gasteiger partial charge in [-0.15, -0.1) is 0 Å². The van der Waals surface area contributed by atoms with Crippen LogP contribution in [-0.4, -0.2) is 0 Å². The fourth-order valence-electron chi connectivity index (χ4n) is 0.355. The van der Waals surface area contributed by atoms with E-state index in [9.17, 15) is 8.78 Å². The minimum absolute atomic E-state index is 0.748. The quantitative estimate of drug-likeness (QED) is 0.516. The fraction of sp³-hybridized carbons (Fsp3) is 0.286. The normalized spacial score (nSPS) is 10.1. The summed E-state index contributed by atoms with van der Waals surface area (Å²) in [6.45, 7) is 3.54. The molecular formula is C7H9F2. The average Bonchev–Trinajstić information content (AvgIpc) is 1.80. The van der Waals surface area contributed by atoms with E-state index >= 15 is 0 Å². The molecule has 0 aromatic carbocycles. The molecule has 0 atom stereocenters. The van der Waals surface area contributed by atoms with Crippen LogP contribution in [0.1, 0.15) is 12.8 Å². The number of hydrogen-bond acceptors (Lipinski definition) is 0. The number of hydrogen-bond donors (Lipinski definition) is 0. The summed E-state index contributed by atoms with van der Waals surface area (Å²) in [5.74, 6) is 0. The van der Waals surface area contributed by atoms with Crippen molar-refractivity contribution in [1.29, 1.82) is 0 Å². The highest BCUT2D eigenvalue weighted by atomic mass is 19.3. The molecule has 51 valence electrons. The van der Waals surface area contributed by atoms with Crippen molar-refractivity contribution in [2.45, 2.75) is 12.8 Å². The number of unbranched alkanes of at least 4 members (excludes halogenated alkanes) is 1. The second-order valence-electron chi connectivity index (χ2n) is 1.53. The predicted molar refractivity (Wildman–Crippen MR) is 34.0 cm³/mol. The molecule has 0 aromatic rings. The lowest BCUT2D eigenvalue weighted by molar-refractivity contribution is 0.422. The molecule has 2 heteroatoms. The van der Waals surface area contributed by atoms with Gasteiger partial charge >= 0.3 is 0 Å². The van der Waals surface area contributed by atoms with Gasteiger partial charge in [0.15, 0.2) is 0 Å². The third-order valence-corrected chi connectivity index (χ3v) is 0.729. The lowest BCUT2D eigenvalue weighted by Gasteiger charge is -1.78. The third-order valence-electron chi connectivity index (χ3n) is 0.729. The molecule has 0 amide bonds. The van der Waals surface area contributed by atoms with Crippen molar-refractivity contribution in [2.24, 2.45) is 0 Å². The second kappa shape index (κ2) is 5.48. The molecule has 0 saturated heterocycles. The first-order valence-corrected chi connectivity index (χ1v) is 2.74. The molecule has 9 heavy (non-hydrogen) atoms. The van der Waals surface area contributed by atoms with E-state index in [4.69, 9.17) is 0 Å². The highest BCUT2D eigenvalue weighted by Crippen LogP contribution is 1.97. The van der Waals surface area contributed by atoms with E-state index in [-0.39, 0.29) is 0 Å². The van der Waals surface area contributed by atoms with Crippen LogP contribution in [0, 0.1) is 6.92 Å². The van der Waals surface area contributed by atoms with Gasteiger partial charge in [0.1, 0.15) is 0 Å². The molecule has 0 spiro atoms. The van der Waals surface area contributed by atoms with Gasteiger partial charge in [0, 0.05) is 6.08 Å². The lowest BCUT2D eigenvalue weighted by atomic mass is 10.3. The Balaban J connectivity index is 3.35. The van der Waals surface area contributed by atoms with E-state index < -0.39 is 6.08 Å². The summed E-state index contributed by atoms with van der Waals surface area (Å²) in [6, 6.07) is 0. The maximum atomic E-state index is 11.3. The maximum absolute atomic E-state index is 11.3. The zero-order chi connectivity index (χ0) is 7.11. The average molecular weight is 131 g/mol. The van der Waals surface area contributed by atoms with E-state index in [1.54, 1.807) is 6.08 Å². The largest absolute Gasteiger partial charge is 0.270 e. The molecule has 0 unspecified atom stereocenters. The van der Waals surface area contributed by atoms with Gasteiger partial charge in [-0.3, -0.25) is 0 Å². The standard InChI is InChI=1S/C7H9F2/c1-2-3-4-5-6-7(8)9/h4-6H,1-3H2/b5-4+. The topological polar surface area (TPSA) is 0 Å². The Morgan fingerprint density at radius 3 is 2.56 bits per heavy atom. The molecule has 0 bridgehead atoms. The van der Waals surface area contributed by atoms with Crippen LogP contribution in [0.3, 0.4) is 0 Å². The first-order valence-electron chi connectivity index (χ1n) is 2.74. The van der Waals surface area contributed by atoms with E-state index in [1.165, 1.54) is 6.08 Å². The maximum Gasteiger partial charge on any atom is 0.270 e. The molecular weight excluding hydrogens is 122 g/mol. The van der Waals surface area contributed by atoms with Crippen LogP contribution in [0.4, 0.5) is 8.78 Å². The predicted octanol–water partition coefficient (Wildman–Crippen LogP) is 2.94. The van der Waals surface area contributed by atoms with Gasteiger partial charge in [-0.05, 0) is 12.8 Å². The molecule has 1 radical (unpaired) electrons. The molecule has 0 N–H and O–H groups in total. The minimum Gasteiger partial charge on any atom is -0.173 e. The zero-order valence-corrected chi connectivity index (χ0v) is 5.11. The van der Waals surface area contributed by atoms with E-state index in [0.717, 1.165) is 18.9 Å². The molecule has 0 nitrogen and oxygen atoms in total. The molecule has 0 aromatic heterocycles. The van der Waals surface area contributed by atoms with Crippen LogP contribution in [0.15, 0.2) is 24.3 Å². The highest BCUT2D eigenvalue weighted by molar-refractivity contribution is 5.02. The monoisotopic (exact) mass is 131 g/mol.